The van der Waals surface area contributed by atoms with Crippen molar-refractivity contribution in [3.8, 4) is 5.75 Å². The number of benzene rings is 2. The first-order valence-corrected chi connectivity index (χ1v) is 10.7. The standard InChI is InChI=1S/C20H21N3O5S/c1-2-11-22-16(20-14-7-3-5-9-18(14)28-13-17(20)22)12-21-29(26,27)19-10-6-4-8-15(19)23(24)25/h2-10,16-17,20-21H,1,11-13H2/t16-,17-,20-/m1/s1. The highest BCUT2D eigenvalue weighted by molar-refractivity contribution is 7.89. The van der Waals surface area contributed by atoms with Crippen LogP contribution in [0, 0.1) is 10.1 Å². The zero-order valence-corrected chi connectivity index (χ0v) is 16.4. The molecule has 29 heavy (non-hydrogen) atoms. The van der Waals surface area contributed by atoms with Crippen LogP contribution in [0.15, 0.2) is 66.1 Å². The number of fused-ring (bicyclic) bond motifs is 3. The minimum absolute atomic E-state index is 0.0967. The van der Waals surface area contributed by atoms with Crippen LogP contribution in [0.5, 0.6) is 5.75 Å². The quantitative estimate of drug-likeness (QED) is 0.423. The molecule has 0 spiro atoms. The number of nitrogens with one attached hydrogen (secondary N) is 1. The van der Waals surface area contributed by atoms with E-state index >= 15 is 0 Å². The highest BCUT2D eigenvalue weighted by atomic mass is 32.2. The van der Waals surface area contributed by atoms with Gasteiger partial charge < -0.3 is 4.74 Å². The number of hydrogen-bond donors (Lipinski definition) is 1. The molecule has 0 amide bonds. The molecule has 1 fully saturated rings. The third-order valence-corrected chi connectivity index (χ3v) is 7.01. The molecule has 2 heterocycles. The van der Waals surface area contributed by atoms with Crippen molar-refractivity contribution < 1.29 is 18.1 Å². The Morgan fingerprint density at radius 1 is 1.24 bits per heavy atom. The molecular weight excluding hydrogens is 394 g/mol. The van der Waals surface area contributed by atoms with Crippen molar-refractivity contribution in [1.29, 1.82) is 0 Å². The van der Waals surface area contributed by atoms with E-state index in [9.17, 15) is 18.5 Å². The Kier molecular flexibility index (Phi) is 5.12. The fraction of sp³-hybridized carbons (Fsp3) is 0.300. The van der Waals surface area contributed by atoms with Gasteiger partial charge in [-0.3, -0.25) is 15.0 Å². The van der Waals surface area contributed by atoms with Crippen molar-refractivity contribution in [3.63, 3.8) is 0 Å². The van der Waals surface area contributed by atoms with Gasteiger partial charge in [-0.25, -0.2) is 13.1 Å². The summed E-state index contributed by atoms with van der Waals surface area (Å²) in [6.45, 7) is 5.06. The number of para-hydroxylation sites is 2. The van der Waals surface area contributed by atoms with Gasteiger partial charge in [-0.05, 0) is 12.1 Å². The molecule has 0 saturated carbocycles. The van der Waals surface area contributed by atoms with Gasteiger partial charge in [-0.2, -0.15) is 0 Å². The summed E-state index contributed by atoms with van der Waals surface area (Å²) in [5.74, 6) is 0.937. The monoisotopic (exact) mass is 415 g/mol. The SMILES string of the molecule is C=CCN1[C@H](CNS(=O)(=O)c2ccccc2[N+](=O)[O-])[C@H]2c3ccccc3OC[C@H]21. The Balaban J connectivity index is 1.58. The van der Waals surface area contributed by atoms with Crippen LogP contribution in [0.1, 0.15) is 11.5 Å². The fourth-order valence-corrected chi connectivity index (χ4v) is 5.48. The van der Waals surface area contributed by atoms with Crippen LogP contribution in [-0.4, -0.2) is 50.0 Å². The minimum Gasteiger partial charge on any atom is -0.492 e. The van der Waals surface area contributed by atoms with E-state index in [0.717, 1.165) is 11.3 Å². The molecule has 152 valence electrons. The zero-order valence-electron chi connectivity index (χ0n) is 15.6. The summed E-state index contributed by atoms with van der Waals surface area (Å²) in [5.41, 5.74) is 0.616. The Labute approximate surface area is 169 Å². The van der Waals surface area contributed by atoms with Crippen molar-refractivity contribution in [2.45, 2.75) is 22.9 Å². The summed E-state index contributed by atoms with van der Waals surface area (Å²) in [6, 6.07) is 13.2. The molecular formula is C20H21N3O5S. The summed E-state index contributed by atoms with van der Waals surface area (Å²) < 4.78 is 34.0. The van der Waals surface area contributed by atoms with Crippen LogP contribution in [-0.2, 0) is 10.0 Å². The van der Waals surface area contributed by atoms with E-state index in [1.165, 1.54) is 24.3 Å². The van der Waals surface area contributed by atoms with Crippen molar-refractivity contribution >= 4 is 15.7 Å². The van der Waals surface area contributed by atoms with Gasteiger partial charge in [0.25, 0.3) is 5.69 Å². The first kappa shape index (κ1) is 19.6. The first-order chi connectivity index (χ1) is 13.9. The lowest BCUT2D eigenvalue weighted by Crippen LogP contribution is -2.68. The van der Waals surface area contributed by atoms with E-state index in [2.05, 4.69) is 16.2 Å². The summed E-state index contributed by atoms with van der Waals surface area (Å²) in [6.07, 6.45) is 1.78. The van der Waals surface area contributed by atoms with Crippen LogP contribution in [0.4, 0.5) is 5.69 Å². The van der Waals surface area contributed by atoms with E-state index in [4.69, 9.17) is 4.74 Å². The van der Waals surface area contributed by atoms with Crippen LogP contribution in [0.2, 0.25) is 0 Å². The lowest BCUT2D eigenvalue weighted by molar-refractivity contribution is -0.387. The van der Waals surface area contributed by atoms with Gasteiger partial charge in [0.15, 0.2) is 4.90 Å². The van der Waals surface area contributed by atoms with Crippen LogP contribution >= 0.6 is 0 Å². The van der Waals surface area contributed by atoms with Gasteiger partial charge in [-0.15, -0.1) is 6.58 Å². The maximum Gasteiger partial charge on any atom is 0.289 e. The van der Waals surface area contributed by atoms with E-state index in [1.807, 2.05) is 24.3 Å². The van der Waals surface area contributed by atoms with Crippen molar-refractivity contribution in [2.24, 2.45) is 0 Å². The number of ether oxygens (including phenoxy) is 1. The van der Waals surface area contributed by atoms with Crippen molar-refractivity contribution in [3.05, 3.63) is 76.9 Å². The van der Waals surface area contributed by atoms with Gasteiger partial charge in [-0.1, -0.05) is 36.4 Å². The number of nitrogens with zero attached hydrogens (tertiary/aromatic N) is 2. The van der Waals surface area contributed by atoms with E-state index in [1.54, 1.807) is 6.08 Å². The Morgan fingerprint density at radius 3 is 2.72 bits per heavy atom. The zero-order chi connectivity index (χ0) is 20.6. The molecule has 1 saturated heterocycles. The number of sulfonamides is 1. The molecule has 0 aliphatic carbocycles. The van der Waals surface area contributed by atoms with Crippen LogP contribution in [0.3, 0.4) is 0 Å². The van der Waals surface area contributed by atoms with Gasteiger partial charge in [0.2, 0.25) is 10.0 Å². The molecule has 8 nitrogen and oxygen atoms in total. The largest absolute Gasteiger partial charge is 0.492 e. The summed E-state index contributed by atoms with van der Waals surface area (Å²) in [7, 11) is -4.04. The lowest BCUT2D eigenvalue weighted by Gasteiger charge is -2.57. The van der Waals surface area contributed by atoms with Crippen LogP contribution in [0.25, 0.3) is 0 Å². The maximum absolute atomic E-state index is 12.8. The van der Waals surface area contributed by atoms with Gasteiger partial charge >= 0.3 is 0 Å². The second-order valence-corrected chi connectivity index (χ2v) is 8.81. The van der Waals surface area contributed by atoms with E-state index < -0.39 is 20.6 Å². The first-order valence-electron chi connectivity index (χ1n) is 9.25. The average molecular weight is 415 g/mol. The molecule has 0 unspecified atom stereocenters. The third-order valence-electron chi connectivity index (χ3n) is 5.54. The Bertz CT molecular complexity index is 1060. The molecule has 3 atom stereocenters. The number of likely N-dealkylation sites (tertiary alicyclic amines) is 1. The molecule has 2 aliphatic heterocycles. The number of nitro groups is 1. The van der Waals surface area contributed by atoms with Gasteiger partial charge in [0.05, 0.1) is 11.0 Å². The smallest absolute Gasteiger partial charge is 0.289 e. The minimum atomic E-state index is -4.04. The molecule has 4 rings (SSSR count). The highest BCUT2D eigenvalue weighted by Crippen LogP contribution is 2.47. The second-order valence-electron chi connectivity index (χ2n) is 7.07. The van der Waals surface area contributed by atoms with Crippen molar-refractivity contribution in [1.82, 2.24) is 9.62 Å². The molecule has 2 aromatic carbocycles. The Morgan fingerprint density at radius 2 is 1.97 bits per heavy atom. The predicted molar refractivity (Wildman–Crippen MR) is 107 cm³/mol. The number of nitro benzene ring substituents is 1. The van der Waals surface area contributed by atoms with Gasteiger partial charge in [0.1, 0.15) is 12.4 Å². The number of rotatable bonds is 7. The van der Waals surface area contributed by atoms with Gasteiger partial charge in [0, 0.05) is 36.7 Å². The van der Waals surface area contributed by atoms with E-state index in [0.29, 0.717) is 13.2 Å². The van der Waals surface area contributed by atoms with Crippen LogP contribution < -0.4 is 9.46 Å². The lowest BCUT2D eigenvalue weighted by atomic mass is 9.73. The highest BCUT2D eigenvalue weighted by Gasteiger charge is 2.51. The molecule has 2 aliphatic rings. The molecule has 2 aromatic rings. The number of hydrogen-bond acceptors (Lipinski definition) is 6. The predicted octanol–water partition coefficient (Wildman–Crippen LogP) is 2.29. The third kappa shape index (κ3) is 3.41. The Hall–Kier alpha value is -2.75. The summed E-state index contributed by atoms with van der Waals surface area (Å²) in [4.78, 5) is 12.3. The normalized spacial score (nSPS) is 23.2. The summed E-state index contributed by atoms with van der Waals surface area (Å²) >= 11 is 0. The maximum atomic E-state index is 12.8. The molecule has 0 aromatic heterocycles. The average Bonchev–Trinajstić information content (AvgIpc) is 2.71. The molecule has 1 N–H and O–H groups in total. The molecule has 0 bridgehead atoms. The summed E-state index contributed by atoms with van der Waals surface area (Å²) in [5, 5.41) is 11.2. The topological polar surface area (TPSA) is 102 Å². The molecule has 0 radical (unpaired) electrons. The fourth-order valence-electron chi connectivity index (χ4n) is 4.26. The van der Waals surface area contributed by atoms with E-state index in [-0.39, 0.29) is 29.4 Å². The second kappa shape index (κ2) is 7.58. The molecule has 9 heteroatoms. The van der Waals surface area contributed by atoms with Crippen molar-refractivity contribution in [2.75, 3.05) is 19.7 Å².